The summed E-state index contributed by atoms with van der Waals surface area (Å²) in [5.74, 6) is -1.53. The molecule has 2 heterocycles. The van der Waals surface area contributed by atoms with Crippen LogP contribution in [0.5, 0.6) is 5.75 Å². The van der Waals surface area contributed by atoms with Crippen LogP contribution in [0, 0.1) is 18.6 Å². The van der Waals surface area contributed by atoms with Gasteiger partial charge in [0.05, 0.1) is 29.1 Å². The fourth-order valence-corrected chi connectivity index (χ4v) is 4.35. The van der Waals surface area contributed by atoms with E-state index in [1.54, 1.807) is 38.1 Å². The van der Waals surface area contributed by atoms with E-state index in [1.165, 1.54) is 16.9 Å². The molecular formula is C26H23ClF4N4O3. The average Bonchev–Trinajstić information content (AvgIpc) is 3.30. The van der Waals surface area contributed by atoms with Gasteiger partial charge in [0.1, 0.15) is 30.3 Å². The summed E-state index contributed by atoms with van der Waals surface area (Å²) in [6.07, 6.45) is 2.66. The molecule has 4 rings (SSSR count). The van der Waals surface area contributed by atoms with Gasteiger partial charge in [0.15, 0.2) is 5.82 Å². The third-order valence-corrected chi connectivity index (χ3v) is 6.07. The first-order chi connectivity index (χ1) is 18.2. The fourth-order valence-electron chi connectivity index (χ4n) is 4.08. The van der Waals surface area contributed by atoms with Crippen LogP contribution in [0.3, 0.4) is 0 Å². The summed E-state index contributed by atoms with van der Waals surface area (Å²) < 4.78 is 64.1. The average molecular weight is 551 g/mol. The summed E-state index contributed by atoms with van der Waals surface area (Å²) in [7, 11) is 0. The number of rotatable bonds is 10. The van der Waals surface area contributed by atoms with Gasteiger partial charge < -0.3 is 14.8 Å². The molecule has 1 N–H and O–H groups in total. The Kier molecular flexibility index (Phi) is 8.48. The standard InChI is InChI=1S/C26H23ClF4N4O3/c1-3-21(34-24(36)13-38-26(30)31)18-8-15(28)9-20(27)19(18)12-37-23-6-4-5-17-22(7-14(2)33-25(17)23)35-11-16(29)10-32-35/h4-11,21,26H,3,12-13H2,1-2H3,(H,34,36)/t21-/m0/s1. The Morgan fingerprint density at radius 1 is 1.18 bits per heavy atom. The number of aryl methyl sites for hydroxylation is 1. The van der Waals surface area contributed by atoms with Crippen molar-refractivity contribution in [1.82, 2.24) is 20.1 Å². The van der Waals surface area contributed by atoms with Crippen LogP contribution in [0.4, 0.5) is 17.6 Å². The number of hydrogen-bond acceptors (Lipinski definition) is 5. The van der Waals surface area contributed by atoms with E-state index >= 15 is 0 Å². The summed E-state index contributed by atoms with van der Waals surface area (Å²) in [6.45, 7) is -0.555. The largest absolute Gasteiger partial charge is 0.487 e. The third-order valence-electron chi connectivity index (χ3n) is 5.73. The second-order valence-electron chi connectivity index (χ2n) is 8.38. The minimum absolute atomic E-state index is 0.0635. The molecule has 0 bridgehead atoms. The first kappa shape index (κ1) is 27.3. The second-order valence-corrected chi connectivity index (χ2v) is 8.79. The molecule has 2 aromatic heterocycles. The molecular weight excluding hydrogens is 528 g/mol. The zero-order valence-electron chi connectivity index (χ0n) is 20.4. The number of pyridine rings is 1. The number of amides is 1. The summed E-state index contributed by atoms with van der Waals surface area (Å²) in [6, 6.07) is 8.58. The van der Waals surface area contributed by atoms with Crippen molar-refractivity contribution in [2.24, 2.45) is 0 Å². The number of benzene rings is 2. The molecule has 12 heteroatoms. The van der Waals surface area contributed by atoms with Crippen molar-refractivity contribution in [1.29, 1.82) is 0 Å². The molecule has 1 atom stereocenters. The lowest BCUT2D eigenvalue weighted by molar-refractivity contribution is -0.152. The molecule has 0 fully saturated rings. The van der Waals surface area contributed by atoms with Crippen LogP contribution >= 0.6 is 11.6 Å². The number of alkyl halides is 2. The van der Waals surface area contributed by atoms with Crippen molar-refractivity contribution < 1.29 is 31.8 Å². The number of carbonyl (C=O) groups excluding carboxylic acids is 1. The first-order valence-corrected chi connectivity index (χ1v) is 11.9. The molecule has 0 aliphatic rings. The Balaban J connectivity index is 1.66. The number of para-hydroxylation sites is 1. The van der Waals surface area contributed by atoms with Crippen LogP contribution in [0.1, 0.15) is 36.2 Å². The van der Waals surface area contributed by atoms with Crippen LogP contribution in [-0.4, -0.2) is 33.9 Å². The molecule has 38 heavy (non-hydrogen) atoms. The fraction of sp³-hybridized carbons (Fsp3) is 0.269. The zero-order chi connectivity index (χ0) is 27.4. The van der Waals surface area contributed by atoms with Crippen LogP contribution < -0.4 is 10.1 Å². The van der Waals surface area contributed by atoms with E-state index in [0.29, 0.717) is 45.6 Å². The first-order valence-electron chi connectivity index (χ1n) is 11.6. The lowest BCUT2D eigenvalue weighted by Gasteiger charge is -2.22. The maximum atomic E-state index is 14.3. The van der Waals surface area contributed by atoms with E-state index < -0.39 is 36.8 Å². The van der Waals surface area contributed by atoms with Crippen molar-refractivity contribution in [3.05, 3.63) is 82.3 Å². The number of halogens is 5. The van der Waals surface area contributed by atoms with E-state index in [9.17, 15) is 22.4 Å². The highest BCUT2D eigenvalue weighted by atomic mass is 35.5. The molecule has 0 aliphatic carbocycles. The number of nitrogens with zero attached hydrogens (tertiary/aromatic N) is 3. The SMILES string of the molecule is CC[C@H](NC(=O)COC(F)F)c1cc(F)cc(Cl)c1COc1cccc2c(-n3cc(F)cn3)cc(C)nc12. The monoisotopic (exact) mass is 550 g/mol. The molecule has 0 unspecified atom stereocenters. The molecule has 200 valence electrons. The predicted octanol–water partition coefficient (Wildman–Crippen LogP) is 6.05. The van der Waals surface area contributed by atoms with E-state index in [1.807, 2.05) is 0 Å². The quantitative estimate of drug-likeness (QED) is 0.243. The molecule has 0 aliphatic heterocycles. The van der Waals surface area contributed by atoms with E-state index in [0.717, 1.165) is 12.3 Å². The van der Waals surface area contributed by atoms with E-state index in [-0.39, 0.29) is 11.6 Å². The van der Waals surface area contributed by atoms with Crippen molar-refractivity contribution in [3.8, 4) is 11.4 Å². The van der Waals surface area contributed by atoms with Crippen LogP contribution in [0.15, 0.2) is 48.8 Å². The normalized spacial score (nSPS) is 12.2. The van der Waals surface area contributed by atoms with Crippen molar-refractivity contribution in [2.75, 3.05) is 6.61 Å². The van der Waals surface area contributed by atoms with Crippen molar-refractivity contribution in [2.45, 2.75) is 39.5 Å². The highest BCUT2D eigenvalue weighted by molar-refractivity contribution is 6.31. The molecule has 4 aromatic rings. The van der Waals surface area contributed by atoms with Gasteiger partial charge in [-0.05, 0) is 43.2 Å². The molecule has 2 aromatic carbocycles. The topological polar surface area (TPSA) is 78.3 Å². The Bertz CT molecular complexity index is 1460. The van der Waals surface area contributed by atoms with Gasteiger partial charge in [-0.15, -0.1) is 0 Å². The zero-order valence-corrected chi connectivity index (χ0v) is 21.1. The molecule has 1 amide bonds. The van der Waals surface area contributed by atoms with Gasteiger partial charge >= 0.3 is 6.61 Å². The molecule has 0 saturated heterocycles. The van der Waals surface area contributed by atoms with Gasteiger partial charge in [-0.1, -0.05) is 30.7 Å². The Labute approximate surface area is 220 Å². The molecule has 0 saturated carbocycles. The van der Waals surface area contributed by atoms with Crippen LogP contribution in [0.2, 0.25) is 5.02 Å². The molecule has 0 spiro atoms. The van der Waals surface area contributed by atoms with Gasteiger partial charge in [0.25, 0.3) is 0 Å². The number of nitrogens with one attached hydrogen (secondary N) is 1. The van der Waals surface area contributed by atoms with Crippen LogP contribution in [0.25, 0.3) is 16.6 Å². The number of ether oxygens (including phenoxy) is 2. The third kappa shape index (κ3) is 6.22. The smallest absolute Gasteiger partial charge is 0.345 e. The van der Waals surface area contributed by atoms with Gasteiger partial charge in [-0.2, -0.15) is 13.9 Å². The van der Waals surface area contributed by atoms with E-state index in [4.69, 9.17) is 16.3 Å². The lowest BCUT2D eigenvalue weighted by atomic mass is 9.98. The minimum Gasteiger partial charge on any atom is -0.487 e. The Hall–Kier alpha value is -3.70. The van der Waals surface area contributed by atoms with Gasteiger partial charge in [0.2, 0.25) is 5.91 Å². The minimum atomic E-state index is -3.10. The molecule has 7 nitrogen and oxygen atoms in total. The number of fused-ring (bicyclic) bond motifs is 1. The molecule has 0 radical (unpaired) electrons. The number of carbonyl (C=O) groups is 1. The summed E-state index contributed by atoms with van der Waals surface area (Å²) in [5, 5.41) is 7.32. The second kappa shape index (κ2) is 11.8. The number of hydrogen-bond donors (Lipinski definition) is 1. The maximum absolute atomic E-state index is 14.3. The summed E-state index contributed by atoms with van der Waals surface area (Å²) >= 11 is 6.37. The Morgan fingerprint density at radius 2 is 1.97 bits per heavy atom. The predicted molar refractivity (Wildman–Crippen MR) is 132 cm³/mol. The van der Waals surface area contributed by atoms with Crippen molar-refractivity contribution in [3.63, 3.8) is 0 Å². The van der Waals surface area contributed by atoms with Gasteiger partial charge in [0, 0.05) is 16.6 Å². The highest BCUT2D eigenvalue weighted by Gasteiger charge is 2.21. The van der Waals surface area contributed by atoms with E-state index in [2.05, 4.69) is 20.1 Å². The maximum Gasteiger partial charge on any atom is 0.345 e. The number of aromatic nitrogens is 3. The van der Waals surface area contributed by atoms with Crippen LogP contribution in [-0.2, 0) is 16.1 Å². The highest BCUT2D eigenvalue weighted by Crippen LogP contribution is 2.33. The van der Waals surface area contributed by atoms with Gasteiger partial charge in [-0.25, -0.2) is 18.4 Å². The van der Waals surface area contributed by atoms with Crippen molar-refractivity contribution >= 4 is 28.4 Å². The Morgan fingerprint density at radius 3 is 2.66 bits per heavy atom. The lowest BCUT2D eigenvalue weighted by Crippen LogP contribution is -2.32. The summed E-state index contributed by atoms with van der Waals surface area (Å²) in [4.78, 5) is 16.7. The summed E-state index contributed by atoms with van der Waals surface area (Å²) in [5.41, 5.74) is 2.46. The van der Waals surface area contributed by atoms with Gasteiger partial charge in [-0.3, -0.25) is 4.79 Å².